The summed E-state index contributed by atoms with van der Waals surface area (Å²) in [7, 11) is 0. The van der Waals surface area contributed by atoms with Gasteiger partial charge in [0.15, 0.2) is 0 Å². The lowest BCUT2D eigenvalue weighted by Gasteiger charge is -2.25. The molecule has 2 aromatic rings. The lowest BCUT2D eigenvalue weighted by Crippen LogP contribution is -2.39. The van der Waals surface area contributed by atoms with Gasteiger partial charge < -0.3 is 15.0 Å². The molecule has 1 aromatic heterocycles. The van der Waals surface area contributed by atoms with Crippen LogP contribution in [0.25, 0.3) is 0 Å². The van der Waals surface area contributed by atoms with E-state index in [0.717, 1.165) is 50.2 Å². The quantitative estimate of drug-likeness (QED) is 0.918. The van der Waals surface area contributed by atoms with Crippen molar-refractivity contribution in [3.8, 4) is 0 Å². The average molecular weight is 354 g/mol. The van der Waals surface area contributed by atoms with Gasteiger partial charge in [0, 0.05) is 37.3 Å². The van der Waals surface area contributed by atoms with Gasteiger partial charge in [0.1, 0.15) is 0 Å². The number of hydrogen-bond acceptors (Lipinski definition) is 3. The standard InChI is InChI=1S/C20H26N4O2/c1-2-24-17-10-12-26-14-16(17)19(22-24)18-9-6-11-23(18)20(25)21-13-15-7-4-3-5-8-15/h3-5,7-8,18H,2,6,9-14H2,1H3,(H,21,25). The molecule has 1 atom stereocenters. The van der Waals surface area contributed by atoms with Gasteiger partial charge in [-0.05, 0) is 25.3 Å². The zero-order chi connectivity index (χ0) is 17.9. The molecule has 1 saturated heterocycles. The van der Waals surface area contributed by atoms with Crippen LogP contribution in [0.15, 0.2) is 30.3 Å². The number of amides is 2. The van der Waals surface area contributed by atoms with Gasteiger partial charge >= 0.3 is 6.03 Å². The number of aromatic nitrogens is 2. The highest BCUT2D eigenvalue weighted by Gasteiger charge is 2.35. The van der Waals surface area contributed by atoms with E-state index in [4.69, 9.17) is 9.84 Å². The molecule has 2 aliphatic rings. The van der Waals surface area contributed by atoms with E-state index in [9.17, 15) is 4.79 Å². The number of urea groups is 1. The SMILES string of the molecule is CCn1nc(C2CCCN2C(=O)NCc2ccccc2)c2c1CCOC2. The smallest absolute Gasteiger partial charge is 0.318 e. The van der Waals surface area contributed by atoms with Crippen molar-refractivity contribution in [2.45, 2.75) is 51.9 Å². The number of nitrogens with one attached hydrogen (secondary N) is 1. The maximum absolute atomic E-state index is 12.8. The monoisotopic (exact) mass is 354 g/mol. The van der Waals surface area contributed by atoms with Crippen LogP contribution in [0.1, 0.15) is 48.3 Å². The molecule has 0 spiro atoms. The summed E-state index contributed by atoms with van der Waals surface area (Å²) < 4.78 is 7.77. The molecule has 6 heteroatoms. The second-order valence-corrected chi connectivity index (χ2v) is 6.92. The van der Waals surface area contributed by atoms with Gasteiger partial charge in [-0.1, -0.05) is 30.3 Å². The first-order valence-corrected chi connectivity index (χ1v) is 9.52. The van der Waals surface area contributed by atoms with Crippen molar-refractivity contribution < 1.29 is 9.53 Å². The number of ether oxygens (including phenoxy) is 1. The minimum atomic E-state index is -0.00659. The van der Waals surface area contributed by atoms with Gasteiger partial charge in [0.2, 0.25) is 0 Å². The summed E-state index contributed by atoms with van der Waals surface area (Å²) >= 11 is 0. The number of fused-ring (bicyclic) bond motifs is 1. The molecule has 4 rings (SSSR count). The Hall–Kier alpha value is -2.34. The van der Waals surface area contributed by atoms with Crippen LogP contribution in [0.3, 0.4) is 0 Å². The molecule has 0 aliphatic carbocycles. The average Bonchev–Trinajstić information content (AvgIpc) is 3.31. The molecule has 1 N–H and O–H groups in total. The Morgan fingerprint density at radius 2 is 2.19 bits per heavy atom. The van der Waals surface area contributed by atoms with Gasteiger partial charge in [0.05, 0.1) is 24.9 Å². The summed E-state index contributed by atoms with van der Waals surface area (Å²) in [5.74, 6) is 0. The lowest BCUT2D eigenvalue weighted by molar-refractivity contribution is 0.107. The van der Waals surface area contributed by atoms with Gasteiger partial charge in [0.25, 0.3) is 0 Å². The van der Waals surface area contributed by atoms with Crippen LogP contribution in [0, 0.1) is 0 Å². The number of likely N-dealkylation sites (tertiary alicyclic amines) is 1. The fourth-order valence-electron chi connectivity index (χ4n) is 4.03. The van der Waals surface area contributed by atoms with Crippen molar-refractivity contribution in [1.29, 1.82) is 0 Å². The van der Waals surface area contributed by atoms with Crippen molar-refractivity contribution in [3.63, 3.8) is 0 Å². The van der Waals surface area contributed by atoms with Crippen molar-refractivity contribution in [2.24, 2.45) is 0 Å². The molecule has 1 aromatic carbocycles. The molecule has 6 nitrogen and oxygen atoms in total. The third kappa shape index (κ3) is 3.21. The predicted octanol–water partition coefficient (Wildman–Crippen LogP) is 3.02. The maximum atomic E-state index is 12.8. The van der Waals surface area contributed by atoms with Crippen LogP contribution in [0.5, 0.6) is 0 Å². The highest BCUT2D eigenvalue weighted by Crippen LogP contribution is 2.35. The van der Waals surface area contributed by atoms with E-state index >= 15 is 0 Å². The second kappa shape index (κ2) is 7.50. The van der Waals surface area contributed by atoms with Crippen molar-refractivity contribution >= 4 is 6.03 Å². The number of benzene rings is 1. The Morgan fingerprint density at radius 3 is 3.00 bits per heavy atom. The fraction of sp³-hybridized carbons (Fsp3) is 0.500. The van der Waals surface area contributed by atoms with E-state index in [-0.39, 0.29) is 12.1 Å². The number of nitrogens with zero attached hydrogens (tertiary/aromatic N) is 3. The van der Waals surface area contributed by atoms with Crippen LogP contribution in [-0.2, 0) is 30.9 Å². The van der Waals surface area contributed by atoms with Crippen molar-refractivity contribution in [3.05, 3.63) is 52.8 Å². The number of carbonyl (C=O) groups is 1. The molecule has 0 radical (unpaired) electrons. The van der Waals surface area contributed by atoms with Gasteiger partial charge in [-0.3, -0.25) is 4.68 Å². The molecule has 1 unspecified atom stereocenters. The molecule has 0 saturated carbocycles. The molecular weight excluding hydrogens is 328 g/mol. The second-order valence-electron chi connectivity index (χ2n) is 6.92. The van der Waals surface area contributed by atoms with Crippen LogP contribution in [-0.4, -0.2) is 33.9 Å². The summed E-state index contributed by atoms with van der Waals surface area (Å²) in [6.07, 6.45) is 2.88. The summed E-state index contributed by atoms with van der Waals surface area (Å²) in [6.45, 7) is 5.67. The van der Waals surface area contributed by atoms with Gasteiger partial charge in [-0.2, -0.15) is 5.10 Å². The Bertz CT molecular complexity index is 772. The zero-order valence-electron chi connectivity index (χ0n) is 15.3. The Labute approximate surface area is 154 Å². The summed E-state index contributed by atoms with van der Waals surface area (Å²) in [4.78, 5) is 14.7. The zero-order valence-corrected chi connectivity index (χ0v) is 15.3. The fourth-order valence-corrected chi connectivity index (χ4v) is 4.03. The largest absolute Gasteiger partial charge is 0.376 e. The van der Waals surface area contributed by atoms with Crippen molar-refractivity contribution in [2.75, 3.05) is 13.2 Å². The van der Waals surface area contributed by atoms with Gasteiger partial charge in [-0.15, -0.1) is 0 Å². The Kier molecular flexibility index (Phi) is 4.93. The van der Waals surface area contributed by atoms with Crippen molar-refractivity contribution in [1.82, 2.24) is 20.0 Å². The van der Waals surface area contributed by atoms with Crippen LogP contribution in [0.2, 0.25) is 0 Å². The minimum Gasteiger partial charge on any atom is -0.376 e. The number of aryl methyl sites for hydroxylation is 1. The van der Waals surface area contributed by atoms with E-state index in [0.29, 0.717) is 13.2 Å². The summed E-state index contributed by atoms with van der Waals surface area (Å²) in [5.41, 5.74) is 4.63. The molecule has 26 heavy (non-hydrogen) atoms. The summed E-state index contributed by atoms with van der Waals surface area (Å²) in [5, 5.41) is 7.92. The third-order valence-corrected chi connectivity index (χ3v) is 5.34. The molecule has 2 aliphatic heterocycles. The highest BCUT2D eigenvalue weighted by atomic mass is 16.5. The van der Waals surface area contributed by atoms with Crippen LogP contribution < -0.4 is 5.32 Å². The van der Waals surface area contributed by atoms with E-state index in [1.54, 1.807) is 0 Å². The van der Waals surface area contributed by atoms with Crippen LogP contribution in [0.4, 0.5) is 4.79 Å². The molecule has 2 amide bonds. The topological polar surface area (TPSA) is 59.4 Å². The van der Waals surface area contributed by atoms with E-state index < -0.39 is 0 Å². The predicted molar refractivity (Wildman–Crippen MR) is 98.6 cm³/mol. The summed E-state index contributed by atoms with van der Waals surface area (Å²) in [6, 6.07) is 10.1. The number of carbonyl (C=O) groups excluding carboxylic acids is 1. The Morgan fingerprint density at radius 1 is 1.35 bits per heavy atom. The molecule has 0 bridgehead atoms. The normalized spacial score (nSPS) is 19.4. The van der Waals surface area contributed by atoms with E-state index in [2.05, 4.69) is 16.9 Å². The Balaban J connectivity index is 1.51. The maximum Gasteiger partial charge on any atom is 0.318 e. The lowest BCUT2D eigenvalue weighted by atomic mass is 10.0. The molecule has 3 heterocycles. The van der Waals surface area contributed by atoms with Crippen LogP contribution >= 0.6 is 0 Å². The van der Waals surface area contributed by atoms with E-state index in [1.165, 1.54) is 11.3 Å². The van der Waals surface area contributed by atoms with Gasteiger partial charge in [-0.25, -0.2) is 4.79 Å². The highest BCUT2D eigenvalue weighted by molar-refractivity contribution is 5.75. The number of rotatable bonds is 4. The number of hydrogen-bond donors (Lipinski definition) is 1. The molecular formula is C20H26N4O2. The van der Waals surface area contributed by atoms with E-state index in [1.807, 2.05) is 35.2 Å². The first-order chi connectivity index (χ1) is 12.8. The third-order valence-electron chi connectivity index (χ3n) is 5.34. The first-order valence-electron chi connectivity index (χ1n) is 9.52. The molecule has 1 fully saturated rings. The minimum absolute atomic E-state index is 0.00659. The first kappa shape index (κ1) is 17.1. The molecule has 138 valence electrons.